The van der Waals surface area contributed by atoms with Crippen LogP contribution in [0.15, 0.2) is 24.3 Å². The van der Waals surface area contributed by atoms with E-state index in [0.717, 1.165) is 0 Å². The number of carboxylic acids is 2. The molecule has 6 heteroatoms. The van der Waals surface area contributed by atoms with Crippen LogP contribution in [-0.4, -0.2) is 27.3 Å². The van der Waals surface area contributed by atoms with E-state index < -0.39 is 17.5 Å². The Kier molecular flexibility index (Phi) is 3.26. The Morgan fingerprint density at radius 3 is 1.88 bits per heavy atom. The summed E-state index contributed by atoms with van der Waals surface area (Å²) >= 11 is 0. The van der Waals surface area contributed by atoms with Crippen molar-refractivity contribution in [1.29, 1.82) is 0 Å². The zero-order valence-electron chi connectivity index (χ0n) is 8.25. The van der Waals surface area contributed by atoms with Gasteiger partial charge in [-0.05, 0) is 5.56 Å². The van der Waals surface area contributed by atoms with Crippen LogP contribution >= 0.6 is 0 Å². The Morgan fingerprint density at radius 2 is 1.56 bits per heavy atom. The van der Waals surface area contributed by atoms with E-state index in [4.69, 9.17) is 15.9 Å². The number of aliphatic hydroxyl groups is 1. The molecule has 5 N–H and O–H groups in total. The molecule has 0 saturated carbocycles. The minimum Gasteiger partial charge on any atom is -0.478 e. The van der Waals surface area contributed by atoms with Gasteiger partial charge >= 0.3 is 11.9 Å². The standard InChI is InChI=1S/C10H11NO5/c11-5-6-1-3-7(4-2-6)10(16,8(12)13)9(14)15/h1-4,16H,5,11H2,(H,12,13)(H,14,15). The third kappa shape index (κ3) is 1.88. The Bertz CT molecular complexity index is 398. The lowest BCUT2D eigenvalue weighted by molar-refractivity contribution is -0.177. The van der Waals surface area contributed by atoms with Crippen LogP contribution in [0.25, 0.3) is 0 Å². The third-order valence-corrected chi connectivity index (χ3v) is 2.23. The van der Waals surface area contributed by atoms with Gasteiger partial charge in [0.25, 0.3) is 5.60 Å². The van der Waals surface area contributed by atoms with E-state index in [0.29, 0.717) is 5.56 Å². The zero-order valence-corrected chi connectivity index (χ0v) is 8.25. The number of carbonyl (C=O) groups is 2. The van der Waals surface area contributed by atoms with Crippen molar-refractivity contribution in [2.24, 2.45) is 5.73 Å². The van der Waals surface area contributed by atoms with Crippen LogP contribution in [0, 0.1) is 0 Å². The Hall–Kier alpha value is -1.92. The van der Waals surface area contributed by atoms with Gasteiger partial charge < -0.3 is 21.1 Å². The number of benzene rings is 1. The highest BCUT2D eigenvalue weighted by atomic mass is 16.4. The molecular weight excluding hydrogens is 214 g/mol. The maximum atomic E-state index is 10.8. The molecule has 86 valence electrons. The number of hydrogen-bond donors (Lipinski definition) is 4. The molecule has 0 saturated heterocycles. The molecule has 1 aromatic rings. The van der Waals surface area contributed by atoms with E-state index in [2.05, 4.69) is 0 Å². The van der Waals surface area contributed by atoms with E-state index >= 15 is 0 Å². The van der Waals surface area contributed by atoms with Crippen molar-refractivity contribution in [3.63, 3.8) is 0 Å². The summed E-state index contributed by atoms with van der Waals surface area (Å²) in [5.74, 6) is -3.67. The summed E-state index contributed by atoms with van der Waals surface area (Å²) < 4.78 is 0. The summed E-state index contributed by atoms with van der Waals surface area (Å²) in [6.07, 6.45) is 0. The molecule has 0 aliphatic rings. The molecule has 0 aliphatic heterocycles. The van der Waals surface area contributed by atoms with Crippen molar-refractivity contribution in [2.45, 2.75) is 12.1 Å². The SMILES string of the molecule is NCc1ccc(C(O)(C(=O)O)C(=O)O)cc1. The minimum absolute atomic E-state index is 0.218. The van der Waals surface area contributed by atoms with Crippen LogP contribution in [0.3, 0.4) is 0 Å². The van der Waals surface area contributed by atoms with Crippen molar-refractivity contribution in [2.75, 3.05) is 0 Å². The molecule has 16 heavy (non-hydrogen) atoms. The van der Waals surface area contributed by atoms with Crippen molar-refractivity contribution in [3.8, 4) is 0 Å². The van der Waals surface area contributed by atoms with Crippen molar-refractivity contribution in [3.05, 3.63) is 35.4 Å². The second-order valence-corrected chi connectivity index (χ2v) is 3.22. The summed E-state index contributed by atoms with van der Waals surface area (Å²) in [5.41, 5.74) is 2.90. The van der Waals surface area contributed by atoms with Crippen LogP contribution in [0.1, 0.15) is 11.1 Å². The van der Waals surface area contributed by atoms with Gasteiger partial charge in [0, 0.05) is 12.1 Å². The van der Waals surface area contributed by atoms with Crippen LogP contribution in [0.5, 0.6) is 0 Å². The van der Waals surface area contributed by atoms with E-state index in [1.165, 1.54) is 24.3 Å². The number of hydrogen-bond acceptors (Lipinski definition) is 4. The van der Waals surface area contributed by atoms with Gasteiger partial charge in [-0.15, -0.1) is 0 Å². The maximum absolute atomic E-state index is 10.8. The first-order valence-corrected chi connectivity index (χ1v) is 4.41. The molecule has 0 aliphatic carbocycles. The lowest BCUT2D eigenvalue weighted by atomic mass is 9.93. The van der Waals surface area contributed by atoms with Crippen LogP contribution in [0.2, 0.25) is 0 Å². The predicted molar refractivity (Wildman–Crippen MR) is 53.5 cm³/mol. The second-order valence-electron chi connectivity index (χ2n) is 3.22. The fourth-order valence-corrected chi connectivity index (χ4v) is 1.22. The smallest absolute Gasteiger partial charge is 0.352 e. The van der Waals surface area contributed by atoms with Gasteiger partial charge in [-0.25, -0.2) is 9.59 Å². The third-order valence-electron chi connectivity index (χ3n) is 2.23. The Morgan fingerprint density at radius 1 is 1.12 bits per heavy atom. The topological polar surface area (TPSA) is 121 Å². The lowest BCUT2D eigenvalue weighted by Crippen LogP contribution is -2.43. The Balaban J connectivity index is 3.22. The fourth-order valence-electron chi connectivity index (χ4n) is 1.22. The number of nitrogens with two attached hydrogens (primary N) is 1. The van der Waals surface area contributed by atoms with Gasteiger partial charge in [-0.3, -0.25) is 0 Å². The molecule has 0 fully saturated rings. The van der Waals surface area contributed by atoms with E-state index in [9.17, 15) is 14.7 Å². The number of rotatable bonds is 4. The van der Waals surface area contributed by atoms with Gasteiger partial charge in [0.05, 0.1) is 0 Å². The Labute approximate surface area is 90.9 Å². The maximum Gasteiger partial charge on any atom is 0.352 e. The molecule has 0 radical (unpaired) electrons. The fraction of sp³-hybridized carbons (Fsp3) is 0.200. The summed E-state index contributed by atoms with van der Waals surface area (Å²) in [6.45, 7) is 0.249. The summed E-state index contributed by atoms with van der Waals surface area (Å²) in [6, 6.07) is 5.38. The van der Waals surface area contributed by atoms with E-state index in [-0.39, 0.29) is 12.1 Å². The number of aliphatic carboxylic acids is 2. The minimum atomic E-state index is -2.92. The molecule has 0 atom stereocenters. The molecular formula is C10H11NO5. The largest absolute Gasteiger partial charge is 0.478 e. The molecule has 0 spiro atoms. The highest BCUT2D eigenvalue weighted by Crippen LogP contribution is 2.22. The summed E-state index contributed by atoms with van der Waals surface area (Å²) in [4.78, 5) is 21.5. The molecule has 0 unspecified atom stereocenters. The van der Waals surface area contributed by atoms with Crippen molar-refractivity contribution < 1.29 is 24.9 Å². The second kappa shape index (κ2) is 4.30. The molecule has 6 nitrogen and oxygen atoms in total. The summed E-state index contributed by atoms with van der Waals surface area (Å²) in [7, 11) is 0. The first-order valence-electron chi connectivity index (χ1n) is 4.41. The van der Waals surface area contributed by atoms with Crippen LogP contribution in [0.4, 0.5) is 0 Å². The van der Waals surface area contributed by atoms with Gasteiger partial charge in [0.15, 0.2) is 0 Å². The summed E-state index contributed by atoms with van der Waals surface area (Å²) in [5, 5.41) is 27.0. The van der Waals surface area contributed by atoms with E-state index in [1.54, 1.807) is 0 Å². The van der Waals surface area contributed by atoms with Gasteiger partial charge in [0.1, 0.15) is 0 Å². The molecule has 0 bridgehead atoms. The van der Waals surface area contributed by atoms with Crippen molar-refractivity contribution in [1.82, 2.24) is 0 Å². The highest BCUT2D eigenvalue weighted by Gasteiger charge is 2.46. The predicted octanol–water partition coefficient (Wildman–Crippen LogP) is -0.498. The van der Waals surface area contributed by atoms with Crippen LogP contribution in [-0.2, 0) is 21.7 Å². The first-order chi connectivity index (χ1) is 7.42. The number of carboxylic acid groups (broad SMARTS) is 2. The lowest BCUT2D eigenvalue weighted by Gasteiger charge is -2.18. The van der Waals surface area contributed by atoms with Gasteiger partial charge in [-0.1, -0.05) is 24.3 Å². The van der Waals surface area contributed by atoms with Gasteiger partial charge in [-0.2, -0.15) is 0 Å². The first kappa shape index (κ1) is 12.2. The molecule has 0 aromatic heterocycles. The highest BCUT2D eigenvalue weighted by molar-refractivity contribution is 6.02. The average Bonchev–Trinajstić information content (AvgIpc) is 2.27. The molecule has 0 amide bonds. The van der Waals surface area contributed by atoms with Crippen LogP contribution < -0.4 is 5.73 Å². The average molecular weight is 225 g/mol. The zero-order chi connectivity index (χ0) is 12.3. The molecule has 1 aromatic carbocycles. The monoisotopic (exact) mass is 225 g/mol. The molecule has 0 heterocycles. The van der Waals surface area contributed by atoms with Crippen molar-refractivity contribution >= 4 is 11.9 Å². The van der Waals surface area contributed by atoms with Gasteiger partial charge in [0.2, 0.25) is 0 Å². The molecule has 1 rings (SSSR count). The normalized spacial score (nSPS) is 11.1. The quantitative estimate of drug-likeness (QED) is 0.513. The van der Waals surface area contributed by atoms with E-state index in [1.807, 2.05) is 0 Å².